The molecule has 3 nitrogen and oxygen atoms in total. The molecule has 1 atom stereocenters. The zero-order chi connectivity index (χ0) is 11.4. The maximum Gasteiger partial charge on any atom is 0.335 e. The molecule has 2 rings (SSSR count). The third kappa shape index (κ3) is 2.70. The molecule has 3 heteroatoms. The minimum Gasteiger partial charge on any atom is -0.478 e. The van der Waals surface area contributed by atoms with Gasteiger partial charge in [-0.3, -0.25) is 0 Å². The quantitative estimate of drug-likeness (QED) is 0.814. The van der Waals surface area contributed by atoms with Crippen molar-refractivity contribution in [2.24, 2.45) is 5.92 Å². The number of carbonyl (C=O) groups is 1. The van der Waals surface area contributed by atoms with Gasteiger partial charge < -0.3 is 10.4 Å². The van der Waals surface area contributed by atoms with Crippen LogP contribution in [-0.2, 0) is 0 Å². The average Bonchev–Trinajstić information content (AvgIpc) is 2.80. The molecular formula is C13H15NO2. The number of hydrogen-bond donors (Lipinski definition) is 2. The van der Waals surface area contributed by atoms with Crippen molar-refractivity contribution in [3.05, 3.63) is 41.5 Å². The first-order valence-electron chi connectivity index (χ1n) is 5.48. The lowest BCUT2D eigenvalue weighted by Gasteiger charge is -2.00. The number of aromatic carboxylic acids is 1. The monoisotopic (exact) mass is 217 g/mol. The SMILES string of the molecule is O=C(O)c1ccc(/C=C/C2CCNC2)cc1. The van der Waals surface area contributed by atoms with Crippen LogP contribution in [0.5, 0.6) is 0 Å². The van der Waals surface area contributed by atoms with E-state index in [4.69, 9.17) is 5.11 Å². The second kappa shape index (κ2) is 4.94. The Balaban J connectivity index is 2.01. The van der Waals surface area contributed by atoms with Gasteiger partial charge >= 0.3 is 5.97 Å². The zero-order valence-corrected chi connectivity index (χ0v) is 9.02. The molecule has 0 aromatic heterocycles. The summed E-state index contributed by atoms with van der Waals surface area (Å²) < 4.78 is 0. The van der Waals surface area contributed by atoms with Gasteiger partial charge in [0.1, 0.15) is 0 Å². The van der Waals surface area contributed by atoms with Gasteiger partial charge in [0, 0.05) is 6.54 Å². The van der Waals surface area contributed by atoms with Crippen LogP contribution in [-0.4, -0.2) is 24.2 Å². The van der Waals surface area contributed by atoms with Crippen molar-refractivity contribution in [1.29, 1.82) is 0 Å². The largest absolute Gasteiger partial charge is 0.478 e. The normalized spacial score (nSPS) is 20.4. The van der Waals surface area contributed by atoms with Gasteiger partial charge in [-0.1, -0.05) is 24.3 Å². The highest BCUT2D eigenvalue weighted by molar-refractivity contribution is 5.87. The van der Waals surface area contributed by atoms with Gasteiger partial charge in [0.2, 0.25) is 0 Å². The summed E-state index contributed by atoms with van der Waals surface area (Å²) in [6.07, 6.45) is 5.43. The molecule has 0 bridgehead atoms. The summed E-state index contributed by atoms with van der Waals surface area (Å²) in [6, 6.07) is 6.94. The smallest absolute Gasteiger partial charge is 0.335 e. The van der Waals surface area contributed by atoms with Gasteiger partial charge in [-0.25, -0.2) is 4.79 Å². The lowest BCUT2D eigenvalue weighted by Crippen LogP contribution is -2.07. The van der Waals surface area contributed by atoms with Crippen molar-refractivity contribution in [1.82, 2.24) is 5.32 Å². The number of hydrogen-bond acceptors (Lipinski definition) is 2. The lowest BCUT2D eigenvalue weighted by molar-refractivity contribution is 0.0697. The fourth-order valence-electron chi connectivity index (χ4n) is 1.83. The molecule has 1 aliphatic rings. The summed E-state index contributed by atoms with van der Waals surface area (Å²) in [5, 5.41) is 12.1. The van der Waals surface area contributed by atoms with E-state index in [0.717, 1.165) is 18.7 Å². The third-order valence-electron chi connectivity index (χ3n) is 2.82. The summed E-state index contributed by atoms with van der Waals surface area (Å²) in [5.74, 6) is -0.269. The highest BCUT2D eigenvalue weighted by atomic mass is 16.4. The third-order valence-corrected chi connectivity index (χ3v) is 2.82. The molecule has 1 unspecified atom stereocenters. The Morgan fingerprint density at radius 1 is 1.38 bits per heavy atom. The number of carboxylic acid groups (broad SMARTS) is 1. The maximum absolute atomic E-state index is 10.7. The Hall–Kier alpha value is -1.61. The van der Waals surface area contributed by atoms with Crippen LogP contribution in [0, 0.1) is 5.92 Å². The molecule has 0 aliphatic carbocycles. The Kier molecular flexibility index (Phi) is 3.37. The summed E-state index contributed by atoms with van der Waals surface area (Å²) >= 11 is 0. The predicted molar refractivity (Wildman–Crippen MR) is 63.4 cm³/mol. The van der Waals surface area contributed by atoms with E-state index in [1.807, 2.05) is 12.1 Å². The van der Waals surface area contributed by atoms with Crippen molar-refractivity contribution in [2.75, 3.05) is 13.1 Å². The fraction of sp³-hybridized carbons (Fsp3) is 0.308. The van der Waals surface area contributed by atoms with Crippen LogP contribution in [0.2, 0.25) is 0 Å². The minimum absolute atomic E-state index is 0.333. The molecule has 0 spiro atoms. The molecule has 1 heterocycles. The van der Waals surface area contributed by atoms with E-state index in [1.165, 1.54) is 6.42 Å². The van der Waals surface area contributed by atoms with Crippen LogP contribution < -0.4 is 5.32 Å². The first-order chi connectivity index (χ1) is 7.75. The molecule has 84 valence electrons. The summed E-state index contributed by atoms with van der Waals surface area (Å²) in [4.78, 5) is 10.7. The van der Waals surface area contributed by atoms with Gasteiger partial charge in [-0.2, -0.15) is 0 Å². The topological polar surface area (TPSA) is 49.3 Å². The molecule has 1 fully saturated rings. The van der Waals surface area contributed by atoms with Gasteiger partial charge in [-0.15, -0.1) is 0 Å². The molecule has 0 amide bonds. The van der Waals surface area contributed by atoms with Crippen molar-refractivity contribution in [2.45, 2.75) is 6.42 Å². The van der Waals surface area contributed by atoms with E-state index in [1.54, 1.807) is 12.1 Å². The number of benzene rings is 1. The second-order valence-electron chi connectivity index (χ2n) is 4.04. The molecule has 0 radical (unpaired) electrons. The average molecular weight is 217 g/mol. The molecule has 1 aromatic rings. The van der Waals surface area contributed by atoms with E-state index in [9.17, 15) is 4.79 Å². The van der Waals surface area contributed by atoms with Crippen molar-refractivity contribution < 1.29 is 9.90 Å². The Bertz CT molecular complexity index is 389. The van der Waals surface area contributed by atoms with Crippen LogP contribution in [0.15, 0.2) is 30.3 Å². The van der Waals surface area contributed by atoms with Crippen LogP contribution in [0.3, 0.4) is 0 Å². The first kappa shape index (κ1) is 10.9. The highest BCUT2D eigenvalue weighted by Gasteiger charge is 2.10. The maximum atomic E-state index is 10.7. The molecule has 2 N–H and O–H groups in total. The molecule has 16 heavy (non-hydrogen) atoms. The number of nitrogens with one attached hydrogen (secondary N) is 1. The second-order valence-corrected chi connectivity index (χ2v) is 4.04. The minimum atomic E-state index is -0.879. The van der Waals surface area contributed by atoms with E-state index in [2.05, 4.69) is 17.5 Å². The summed E-state index contributed by atoms with van der Waals surface area (Å²) in [5.41, 5.74) is 1.39. The van der Waals surface area contributed by atoms with Gasteiger partial charge in [-0.05, 0) is 36.6 Å². The molecule has 1 saturated heterocycles. The number of rotatable bonds is 3. The zero-order valence-electron chi connectivity index (χ0n) is 9.02. The van der Waals surface area contributed by atoms with Crippen LogP contribution in [0.1, 0.15) is 22.3 Å². The van der Waals surface area contributed by atoms with Crippen LogP contribution in [0.4, 0.5) is 0 Å². The van der Waals surface area contributed by atoms with Crippen molar-refractivity contribution >= 4 is 12.0 Å². The Labute approximate surface area is 94.8 Å². The van der Waals surface area contributed by atoms with Crippen LogP contribution >= 0.6 is 0 Å². The highest BCUT2D eigenvalue weighted by Crippen LogP contribution is 2.12. The van der Waals surface area contributed by atoms with E-state index < -0.39 is 5.97 Å². The standard InChI is InChI=1S/C13H15NO2/c15-13(16)12-5-3-10(4-6-12)1-2-11-7-8-14-9-11/h1-6,11,14H,7-9H2,(H,15,16)/b2-1+. The van der Waals surface area contributed by atoms with Crippen LogP contribution in [0.25, 0.3) is 6.08 Å². The van der Waals surface area contributed by atoms with Gasteiger partial charge in [0.25, 0.3) is 0 Å². The van der Waals surface area contributed by atoms with E-state index in [-0.39, 0.29) is 0 Å². The van der Waals surface area contributed by atoms with Gasteiger partial charge in [0.05, 0.1) is 5.56 Å². The van der Waals surface area contributed by atoms with Crippen molar-refractivity contribution in [3.8, 4) is 0 Å². The number of carboxylic acids is 1. The van der Waals surface area contributed by atoms with Gasteiger partial charge in [0.15, 0.2) is 0 Å². The van der Waals surface area contributed by atoms with E-state index >= 15 is 0 Å². The predicted octanol–water partition coefficient (Wildman–Crippen LogP) is 2.01. The van der Waals surface area contributed by atoms with Crippen molar-refractivity contribution in [3.63, 3.8) is 0 Å². The first-order valence-corrected chi connectivity index (χ1v) is 5.48. The molecule has 0 saturated carbocycles. The molecule has 1 aliphatic heterocycles. The molecular weight excluding hydrogens is 202 g/mol. The summed E-state index contributed by atoms with van der Waals surface area (Å²) in [7, 11) is 0. The summed E-state index contributed by atoms with van der Waals surface area (Å²) in [6.45, 7) is 2.14. The van der Waals surface area contributed by atoms with E-state index in [0.29, 0.717) is 11.5 Å². The fourth-order valence-corrected chi connectivity index (χ4v) is 1.83. The Morgan fingerprint density at radius 3 is 2.69 bits per heavy atom. The Morgan fingerprint density at radius 2 is 2.12 bits per heavy atom. The lowest BCUT2D eigenvalue weighted by atomic mass is 10.1. The molecule has 1 aromatic carbocycles.